The fourth-order valence-electron chi connectivity index (χ4n) is 5.25. The van der Waals surface area contributed by atoms with Crippen molar-refractivity contribution in [3.05, 3.63) is 58.9 Å². The molecule has 0 unspecified atom stereocenters. The Hall–Kier alpha value is -3.94. The quantitative estimate of drug-likeness (QED) is 0.574. The molecule has 2 amide bonds. The Labute approximate surface area is 203 Å². The predicted molar refractivity (Wildman–Crippen MR) is 133 cm³/mol. The lowest BCUT2D eigenvalue weighted by molar-refractivity contribution is -0.139. The van der Waals surface area contributed by atoms with Gasteiger partial charge in [0.05, 0.1) is 31.9 Å². The van der Waals surface area contributed by atoms with Crippen molar-refractivity contribution in [2.24, 2.45) is 5.92 Å². The number of methoxy groups -OCH3 is 2. The normalized spacial score (nSPS) is 17.0. The SMILES string of the molecule is COc1cc([C@H]2C3=C(CN(C(C)=O)C3=O)Nc3cccc4c3c2cn4CC(C)C)cc(OC)c1O. The van der Waals surface area contributed by atoms with Crippen molar-refractivity contribution >= 4 is 28.4 Å². The molecule has 5 rings (SSSR count). The summed E-state index contributed by atoms with van der Waals surface area (Å²) < 4.78 is 13.1. The fraction of sp³-hybridized carbons (Fsp3) is 0.333. The summed E-state index contributed by atoms with van der Waals surface area (Å²) in [5.41, 5.74) is 4.84. The number of carbonyl (C=O) groups is 2. The molecule has 182 valence electrons. The van der Waals surface area contributed by atoms with Crippen molar-refractivity contribution in [3.63, 3.8) is 0 Å². The molecule has 8 heteroatoms. The van der Waals surface area contributed by atoms with E-state index in [-0.39, 0.29) is 35.6 Å². The van der Waals surface area contributed by atoms with Crippen LogP contribution in [0.15, 0.2) is 47.8 Å². The molecule has 3 heterocycles. The Morgan fingerprint density at radius 1 is 1.20 bits per heavy atom. The number of aromatic hydroxyl groups is 1. The second-order valence-electron chi connectivity index (χ2n) is 9.46. The minimum Gasteiger partial charge on any atom is -0.502 e. The van der Waals surface area contributed by atoms with Crippen LogP contribution < -0.4 is 14.8 Å². The van der Waals surface area contributed by atoms with Gasteiger partial charge in [0.25, 0.3) is 5.91 Å². The molecule has 1 atom stereocenters. The molecule has 0 fully saturated rings. The van der Waals surface area contributed by atoms with Crippen LogP contribution in [0.4, 0.5) is 5.69 Å². The predicted octanol–water partition coefficient (Wildman–Crippen LogP) is 4.22. The van der Waals surface area contributed by atoms with Gasteiger partial charge >= 0.3 is 0 Å². The number of aromatic nitrogens is 1. The molecule has 2 aromatic carbocycles. The highest BCUT2D eigenvalue weighted by molar-refractivity contribution is 6.11. The van der Waals surface area contributed by atoms with Crippen LogP contribution in [0.1, 0.15) is 37.8 Å². The monoisotopic (exact) mass is 475 g/mol. The first kappa shape index (κ1) is 22.8. The average Bonchev–Trinajstić information content (AvgIpc) is 3.29. The van der Waals surface area contributed by atoms with Gasteiger partial charge in [-0.25, -0.2) is 0 Å². The van der Waals surface area contributed by atoms with Crippen molar-refractivity contribution in [2.45, 2.75) is 33.2 Å². The molecule has 2 aliphatic heterocycles. The average molecular weight is 476 g/mol. The van der Waals surface area contributed by atoms with Gasteiger partial charge in [0.2, 0.25) is 11.7 Å². The van der Waals surface area contributed by atoms with Gasteiger partial charge in [-0.3, -0.25) is 14.5 Å². The van der Waals surface area contributed by atoms with Crippen LogP contribution in [0.25, 0.3) is 10.9 Å². The maximum atomic E-state index is 13.6. The maximum absolute atomic E-state index is 13.6. The molecule has 1 aromatic heterocycles. The Balaban J connectivity index is 1.83. The molecular weight excluding hydrogens is 446 g/mol. The van der Waals surface area contributed by atoms with Gasteiger partial charge in [-0.1, -0.05) is 19.9 Å². The number of phenolic OH excluding ortho intramolecular Hbond substituents is 1. The van der Waals surface area contributed by atoms with E-state index in [0.29, 0.717) is 17.2 Å². The van der Waals surface area contributed by atoms with Crippen LogP contribution in [0.2, 0.25) is 0 Å². The summed E-state index contributed by atoms with van der Waals surface area (Å²) in [4.78, 5) is 27.2. The minimum absolute atomic E-state index is 0.106. The number of ether oxygens (including phenoxy) is 2. The summed E-state index contributed by atoms with van der Waals surface area (Å²) in [5, 5.41) is 15.0. The fourth-order valence-corrected chi connectivity index (χ4v) is 5.25. The zero-order chi connectivity index (χ0) is 25.0. The Morgan fingerprint density at radius 3 is 2.49 bits per heavy atom. The van der Waals surface area contributed by atoms with Crippen LogP contribution in [0.3, 0.4) is 0 Å². The zero-order valence-corrected chi connectivity index (χ0v) is 20.5. The molecule has 0 spiro atoms. The number of benzene rings is 2. The Morgan fingerprint density at radius 2 is 1.89 bits per heavy atom. The standard InChI is InChI=1S/C27H29N3O5/c1-14(2)11-29-12-17-23(16-9-21(34-4)26(32)22(10-16)35-5)25-19(13-30(15(3)31)27(25)33)28-18-7-6-8-20(29)24(17)18/h6-10,12,14,23,28,32H,11,13H2,1-5H3/t23-/m1/s1. The molecule has 2 N–H and O–H groups in total. The van der Waals surface area contributed by atoms with Gasteiger partial charge in [-0.05, 0) is 41.3 Å². The molecule has 0 aliphatic carbocycles. The number of phenols is 1. The third-order valence-corrected chi connectivity index (χ3v) is 6.72. The number of rotatable bonds is 5. The summed E-state index contributed by atoms with van der Waals surface area (Å²) in [5.74, 6) is -0.323. The summed E-state index contributed by atoms with van der Waals surface area (Å²) in [6.45, 7) is 6.72. The first-order chi connectivity index (χ1) is 16.7. The Kier molecular flexibility index (Phi) is 5.46. The van der Waals surface area contributed by atoms with Gasteiger partial charge in [0.15, 0.2) is 11.5 Å². The second-order valence-corrected chi connectivity index (χ2v) is 9.46. The van der Waals surface area contributed by atoms with E-state index in [2.05, 4.69) is 36.0 Å². The molecule has 2 aliphatic rings. The molecule has 0 bridgehead atoms. The van der Waals surface area contributed by atoms with E-state index < -0.39 is 5.92 Å². The van der Waals surface area contributed by atoms with Crippen LogP contribution in [-0.4, -0.2) is 47.2 Å². The third-order valence-electron chi connectivity index (χ3n) is 6.72. The number of hydrogen-bond donors (Lipinski definition) is 2. The summed E-state index contributed by atoms with van der Waals surface area (Å²) in [6.07, 6.45) is 2.10. The zero-order valence-electron chi connectivity index (χ0n) is 20.5. The van der Waals surface area contributed by atoms with E-state index in [0.717, 1.165) is 34.3 Å². The number of nitrogens with zero attached hydrogens (tertiary/aromatic N) is 2. The first-order valence-electron chi connectivity index (χ1n) is 11.6. The van der Waals surface area contributed by atoms with Crippen molar-refractivity contribution in [1.82, 2.24) is 9.47 Å². The summed E-state index contributed by atoms with van der Waals surface area (Å²) in [7, 11) is 2.95. The van der Waals surface area contributed by atoms with Crippen molar-refractivity contribution in [3.8, 4) is 17.2 Å². The topological polar surface area (TPSA) is 93.0 Å². The smallest absolute Gasteiger partial charge is 0.259 e. The number of nitrogens with one attached hydrogen (secondary N) is 1. The summed E-state index contributed by atoms with van der Waals surface area (Å²) >= 11 is 0. The number of amides is 2. The lowest BCUT2D eigenvalue weighted by atomic mass is 9.84. The number of hydrogen-bond acceptors (Lipinski definition) is 6. The lowest BCUT2D eigenvalue weighted by Crippen LogP contribution is -2.33. The molecular formula is C27H29N3O5. The third kappa shape index (κ3) is 3.51. The van der Waals surface area contributed by atoms with E-state index in [4.69, 9.17) is 9.47 Å². The van der Waals surface area contributed by atoms with Crippen LogP contribution in [0, 0.1) is 5.92 Å². The molecule has 0 saturated heterocycles. The molecule has 35 heavy (non-hydrogen) atoms. The lowest BCUT2D eigenvalue weighted by Gasteiger charge is -2.21. The second kappa shape index (κ2) is 8.37. The van der Waals surface area contributed by atoms with E-state index in [1.165, 1.54) is 26.0 Å². The van der Waals surface area contributed by atoms with Gasteiger partial charge in [0, 0.05) is 42.4 Å². The van der Waals surface area contributed by atoms with Crippen LogP contribution >= 0.6 is 0 Å². The molecule has 0 radical (unpaired) electrons. The van der Waals surface area contributed by atoms with E-state index in [1.54, 1.807) is 12.1 Å². The van der Waals surface area contributed by atoms with Crippen molar-refractivity contribution < 1.29 is 24.2 Å². The van der Waals surface area contributed by atoms with Crippen LogP contribution in [0.5, 0.6) is 17.2 Å². The number of carbonyl (C=O) groups excluding carboxylic acids is 2. The van der Waals surface area contributed by atoms with E-state index in [1.807, 2.05) is 12.1 Å². The van der Waals surface area contributed by atoms with Gasteiger partial charge < -0.3 is 24.5 Å². The van der Waals surface area contributed by atoms with Gasteiger partial charge in [-0.2, -0.15) is 0 Å². The van der Waals surface area contributed by atoms with E-state index >= 15 is 0 Å². The number of imide groups is 1. The van der Waals surface area contributed by atoms with Gasteiger partial charge in [0.1, 0.15) is 0 Å². The van der Waals surface area contributed by atoms with Gasteiger partial charge in [-0.15, -0.1) is 0 Å². The van der Waals surface area contributed by atoms with E-state index in [9.17, 15) is 14.7 Å². The highest BCUT2D eigenvalue weighted by Crippen LogP contribution is 2.49. The maximum Gasteiger partial charge on any atom is 0.259 e. The highest BCUT2D eigenvalue weighted by atomic mass is 16.5. The largest absolute Gasteiger partial charge is 0.502 e. The molecule has 3 aromatic rings. The first-order valence-corrected chi connectivity index (χ1v) is 11.6. The highest BCUT2D eigenvalue weighted by Gasteiger charge is 2.42. The molecule has 8 nitrogen and oxygen atoms in total. The molecule has 0 saturated carbocycles. The summed E-state index contributed by atoms with van der Waals surface area (Å²) in [6, 6.07) is 9.55. The Bertz CT molecular complexity index is 1380. The van der Waals surface area contributed by atoms with Crippen LogP contribution in [-0.2, 0) is 16.1 Å². The van der Waals surface area contributed by atoms with Crippen molar-refractivity contribution in [2.75, 3.05) is 26.1 Å². The minimum atomic E-state index is -0.502. The van der Waals surface area contributed by atoms with Crippen molar-refractivity contribution in [1.29, 1.82) is 0 Å². The number of anilines is 1.